The third kappa shape index (κ3) is 1.63. The number of halogens is 1. The number of aliphatic hydroxyl groups excluding tert-OH is 1. The zero-order valence-electron chi connectivity index (χ0n) is 8.37. The van der Waals surface area contributed by atoms with Crippen molar-refractivity contribution in [1.82, 2.24) is 9.97 Å². The van der Waals surface area contributed by atoms with Crippen LogP contribution < -0.4 is 5.73 Å². The van der Waals surface area contributed by atoms with E-state index in [0.717, 1.165) is 0 Å². The summed E-state index contributed by atoms with van der Waals surface area (Å²) in [6, 6.07) is 2.96. The number of nitrogen functional groups attached to an aromatic ring is 1. The summed E-state index contributed by atoms with van der Waals surface area (Å²) in [5.41, 5.74) is 6.87. The maximum atomic E-state index is 13.2. The van der Waals surface area contributed by atoms with Crippen LogP contribution in [0.3, 0.4) is 0 Å². The van der Waals surface area contributed by atoms with Crippen LogP contribution in [-0.2, 0) is 0 Å². The Labute approximate surface area is 91.3 Å². The van der Waals surface area contributed by atoms with Crippen molar-refractivity contribution in [2.45, 2.75) is 0 Å². The van der Waals surface area contributed by atoms with Gasteiger partial charge in [0.2, 0.25) is 0 Å². The zero-order valence-corrected chi connectivity index (χ0v) is 8.37. The zero-order chi connectivity index (χ0) is 11.7. The number of aliphatic hydroxyl groups is 1. The summed E-state index contributed by atoms with van der Waals surface area (Å²) in [5.74, 6) is -0.853. The van der Waals surface area contributed by atoms with Gasteiger partial charge in [0.1, 0.15) is 5.76 Å². The lowest BCUT2D eigenvalue weighted by molar-refractivity contribution is 0.511. The number of nitrogens with zero attached hydrogens (tertiary/aromatic N) is 1. The average Bonchev–Trinajstić information content (AvgIpc) is 2.71. The van der Waals surface area contributed by atoms with E-state index < -0.39 is 5.82 Å². The van der Waals surface area contributed by atoms with Crippen LogP contribution in [0.15, 0.2) is 31.1 Å². The van der Waals surface area contributed by atoms with Gasteiger partial charge in [-0.15, -0.1) is 0 Å². The molecule has 0 atom stereocenters. The lowest BCUT2D eigenvalue weighted by Gasteiger charge is -2.03. The van der Waals surface area contributed by atoms with Gasteiger partial charge < -0.3 is 15.8 Å². The number of hydrogen-bond acceptors (Lipinski definition) is 3. The van der Waals surface area contributed by atoms with E-state index in [2.05, 4.69) is 16.5 Å². The van der Waals surface area contributed by atoms with Crippen LogP contribution in [0.1, 0.15) is 5.69 Å². The Balaban J connectivity index is 2.54. The van der Waals surface area contributed by atoms with Crippen molar-refractivity contribution in [2.75, 3.05) is 5.73 Å². The first-order chi connectivity index (χ1) is 7.59. The van der Waals surface area contributed by atoms with E-state index in [1.165, 1.54) is 12.3 Å². The molecule has 5 heteroatoms. The summed E-state index contributed by atoms with van der Waals surface area (Å²) >= 11 is 0. The molecule has 2 heterocycles. The second-order valence-electron chi connectivity index (χ2n) is 3.30. The number of aromatic nitrogens is 2. The maximum absolute atomic E-state index is 13.2. The standard InChI is InChI=1S/C11H10FN3O/c1-6(16)10-8(2-3-14-10)7-4-9(12)11(13)15-5-7/h2-5,14,16H,1H2,(H2,13,15). The van der Waals surface area contributed by atoms with Gasteiger partial charge in [0.05, 0.1) is 5.69 Å². The minimum absolute atomic E-state index is 0.114. The predicted octanol–water partition coefficient (Wildman–Crippen LogP) is 2.33. The van der Waals surface area contributed by atoms with E-state index in [0.29, 0.717) is 16.8 Å². The molecule has 0 unspecified atom stereocenters. The van der Waals surface area contributed by atoms with Crippen LogP contribution in [0.5, 0.6) is 0 Å². The highest BCUT2D eigenvalue weighted by atomic mass is 19.1. The number of anilines is 1. The topological polar surface area (TPSA) is 74.9 Å². The van der Waals surface area contributed by atoms with E-state index in [-0.39, 0.29) is 11.6 Å². The first kappa shape index (κ1) is 10.2. The Morgan fingerprint density at radius 3 is 2.94 bits per heavy atom. The van der Waals surface area contributed by atoms with Gasteiger partial charge in [-0.1, -0.05) is 6.58 Å². The lowest BCUT2D eigenvalue weighted by atomic mass is 10.1. The Hall–Kier alpha value is -2.30. The van der Waals surface area contributed by atoms with Gasteiger partial charge in [-0.3, -0.25) is 0 Å². The highest BCUT2D eigenvalue weighted by molar-refractivity contribution is 5.75. The summed E-state index contributed by atoms with van der Waals surface area (Å²) in [6.07, 6.45) is 3.06. The highest BCUT2D eigenvalue weighted by Gasteiger charge is 2.10. The molecule has 0 radical (unpaired) electrons. The SMILES string of the molecule is C=C(O)c1[nH]ccc1-c1cnc(N)c(F)c1. The van der Waals surface area contributed by atoms with E-state index in [9.17, 15) is 9.50 Å². The molecule has 0 aliphatic heterocycles. The molecular formula is C11H10FN3O. The Kier molecular flexibility index (Phi) is 2.36. The fraction of sp³-hybridized carbons (Fsp3) is 0. The van der Waals surface area contributed by atoms with Crippen molar-refractivity contribution in [2.24, 2.45) is 0 Å². The first-order valence-electron chi connectivity index (χ1n) is 4.56. The van der Waals surface area contributed by atoms with Crippen molar-refractivity contribution in [3.05, 3.63) is 42.6 Å². The third-order valence-electron chi connectivity index (χ3n) is 2.22. The van der Waals surface area contributed by atoms with Crippen molar-refractivity contribution in [3.63, 3.8) is 0 Å². The lowest BCUT2D eigenvalue weighted by Crippen LogP contribution is -1.95. The van der Waals surface area contributed by atoms with Gasteiger partial charge >= 0.3 is 0 Å². The summed E-state index contributed by atoms with van der Waals surface area (Å²) in [5, 5.41) is 9.31. The molecule has 0 saturated heterocycles. The molecule has 2 aromatic heterocycles. The Bertz CT molecular complexity index is 548. The van der Waals surface area contributed by atoms with E-state index in [1.54, 1.807) is 12.3 Å². The molecule has 4 nitrogen and oxygen atoms in total. The van der Waals surface area contributed by atoms with E-state index in [1.807, 2.05) is 0 Å². The van der Waals surface area contributed by atoms with Gasteiger partial charge in [0, 0.05) is 23.5 Å². The van der Waals surface area contributed by atoms with Crippen molar-refractivity contribution >= 4 is 11.6 Å². The molecule has 0 amide bonds. The summed E-state index contributed by atoms with van der Waals surface area (Å²) in [6.45, 7) is 3.41. The normalized spacial score (nSPS) is 10.3. The molecule has 0 aliphatic carbocycles. The third-order valence-corrected chi connectivity index (χ3v) is 2.22. The van der Waals surface area contributed by atoms with Crippen LogP contribution in [0.2, 0.25) is 0 Å². The van der Waals surface area contributed by atoms with Gasteiger partial charge in [0.15, 0.2) is 11.6 Å². The number of rotatable bonds is 2. The fourth-order valence-electron chi connectivity index (χ4n) is 1.44. The van der Waals surface area contributed by atoms with Gasteiger partial charge in [-0.2, -0.15) is 0 Å². The average molecular weight is 219 g/mol. The number of H-pyrrole nitrogens is 1. The molecule has 0 fully saturated rings. The number of hydrogen-bond donors (Lipinski definition) is 3. The van der Waals surface area contributed by atoms with E-state index in [4.69, 9.17) is 5.73 Å². The van der Waals surface area contributed by atoms with Crippen LogP contribution in [0, 0.1) is 5.82 Å². The summed E-state index contributed by atoms with van der Waals surface area (Å²) in [7, 11) is 0. The first-order valence-corrected chi connectivity index (χ1v) is 4.56. The fourth-order valence-corrected chi connectivity index (χ4v) is 1.44. The van der Waals surface area contributed by atoms with Gasteiger partial charge in [-0.25, -0.2) is 9.37 Å². The molecule has 0 bridgehead atoms. The summed E-state index contributed by atoms with van der Waals surface area (Å²) < 4.78 is 13.2. The predicted molar refractivity (Wildman–Crippen MR) is 60.1 cm³/mol. The number of nitrogens with one attached hydrogen (secondary N) is 1. The smallest absolute Gasteiger partial charge is 0.165 e. The second-order valence-corrected chi connectivity index (χ2v) is 3.30. The van der Waals surface area contributed by atoms with Crippen molar-refractivity contribution in [1.29, 1.82) is 0 Å². The molecule has 82 valence electrons. The minimum Gasteiger partial charge on any atom is -0.506 e. The number of aromatic amines is 1. The van der Waals surface area contributed by atoms with Crippen LogP contribution in [0.4, 0.5) is 10.2 Å². The van der Waals surface area contributed by atoms with Crippen LogP contribution >= 0.6 is 0 Å². The molecule has 0 aliphatic rings. The quantitative estimate of drug-likeness (QED) is 0.678. The van der Waals surface area contributed by atoms with Gasteiger partial charge in [-0.05, 0) is 12.1 Å². The highest BCUT2D eigenvalue weighted by Crippen LogP contribution is 2.27. The molecule has 16 heavy (non-hydrogen) atoms. The molecule has 0 saturated carbocycles. The van der Waals surface area contributed by atoms with Gasteiger partial charge in [0.25, 0.3) is 0 Å². The molecular weight excluding hydrogens is 209 g/mol. The molecule has 2 rings (SSSR count). The molecule has 0 spiro atoms. The Morgan fingerprint density at radius 1 is 1.56 bits per heavy atom. The van der Waals surface area contributed by atoms with Crippen molar-refractivity contribution in [3.8, 4) is 11.1 Å². The maximum Gasteiger partial charge on any atom is 0.165 e. The van der Waals surface area contributed by atoms with E-state index >= 15 is 0 Å². The Morgan fingerprint density at radius 2 is 2.31 bits per heavy atom. The monoisotopic (exact) mass is 219 g/mol. The number of pyridine rings is 1. The summed E-state index contributed by atoms with van der Waals surface area (Å²) in [4.78, 5) is 6.52. The molecule has 2 aromatic rings. The van der Waals surface area contributed by atoms with Crippen LogP contribution in [0.25, 0.3) is 16.9 Å². The van der Waals surface area contributed by atoms with Crippen LogP contribution in [-0.4, -0.2) is 15.1 Å². The minimum atomic E-state index is -0.590. The van der Waals surface area contributed by atoms with Crippen molar-refractivity contribution < 1.29 is 9.50 Å². The molecule has 4 N–H and O–H groups in total. The molecule has 0 aromatic carbocycles. The number of nitrogens with two attached hydrogens (primary N) is 1. The second kappa shape index (κ2) is 3.69. The largest absolute Gasteiger partial charge is 0.506 e.